The molecule has 1 N–H and O–H groups in total. The van der Waals surface area contributed by atoms with Crippen molar-refractivity contribution in [1.29, 1.82) is 0 Å². The summed E-state index contributed by atoms with van der Waals surface area (Å²) in [5.74, 6) is 2.05. The molecule has 1 aliphatic carbocycles. The molecule has 8 heteroatoms. The average molecular weight is 488 g/mol. The van der Waals surface area contributed by atoms with E-state index in [2.05, 4.69) is 33.9 Å². The van der Waals surface area contributed by atoms with Crippen LogP contribution in [-0.4, -0.2) is 39.2 Å². The lowest BCUT2D eigenvalue weighted by Gasteiger charge is -2.13. The van der Waals surface area contributed by atoms with E-state index in [9.17, 15) is 4.79 Å². The van der Waals surface area contributed by atoms with Gasteiger partial charge in [-0.2, -0.15) is 0 Å². The predicted molar refractivity (Wildman–Crippen MR) is 136 cm³/mol. The molecule has 0 radical (unpaired) electrons. The van der Waals surface area contributed by atoms with Gasteiger partial charge in [-0.25, -0.2) is 0 Å². The molecule has 5 rings (SSSR count). The van der Waals surface area contributed by atoms with Crippen molar-refractivity contribution >= 4 is 29.3 Å². The van der Waals surface area contributed by atoms with E-state index < -0.39 is 0 Å². The number of fused-ring (bicyclic) bond motifs is 5. The molecule has 3 heterocycles. The smallest absolute Gasteiger partial charge is 0.209 e. The Morgan fingerprint density at radius 3 is 2.42 bits per heavy atom. The number of carbonyl (C=O) groups is 1. The molecule has 1 aliphatic heterocycles. The van der Waals surface area contributed by atoms with Crippen molar-refractivity contribution in [1.82, 2.24) is 25.0 Å². The molecule has 0 spiro atoms. The third-order valence-corrected chi connectivity index (χ3v) is 7.16. The molecule has 33 heavy (non-hydrogen) atoms. The van der Waals surface area contributed by atoms with Crippen LogP contribution in [0, 0.1) is 6.92 Å². The summed E-state index contributed by atoms with van der Waals surface area (Å²) >= 11 is 7.48. The average Bonchev–Trinajstić information content (AvgIpc) is 3.47. The molecule has 1 aromatic carbocycles. The summed E-state index contributed by atoms with van der Waals surface area (Å²) in [6.07, 6.45) is 6.86. The first-order chi connectivity index (χ1) is 16.1. The van der Waals surface area contributed by atoms with Gasteiger partial charge in [0.15, 0.2) is 5.82 Å². The maximum atomic E-state index is 10.2. The van der Waals surface area contributed by atoms with Crippen molar-refractivity contribution in [3.63, 3.8) is 0 Å². The molecule has 0 fully saturated rings. The number of amides is 1. The zero-order chi connectivity index (χ0) is 23.6. The summed E-state index contributed by atoms with van der Waals surface area (Å²) in [7, 11) is 0. The number of carbonyl (C=O) groups excluding carboxylic acids is 1. The van der Waals surface area contributed by atoms with Crippen LogP contribution in [0.4, 0.5) is 0 Å². The van der Waals surface area contributed by atoms with Gasteiger partial charge in [0.1, 0.15) is 10.8 Å². The van der Waals surface area contributed by atoms with Gasteiger partial charge in [0.05, 0.1) is 6.54 Å². The predicted octanol–water partition coefficient (Wildman–Crippen LogP) is 5.33. The summed E-state index contributed by atoms with van der Waals surface area (Å²) in [6, 6.07) is 9.44. The normalized spacial score (nSPS) is 13.3. The number of rotatable bonds is 5. The highest BCUT2D eigenvalue weighted by Gasteiger charge is 2.26. The Kier molecular flexibility index (Phi) is 9.91. The molecule has 0 bridgehead atoms. The molecule has 2 aliphatic rings. The molecule has 0 unspecified atom stereocenters. The Labute approximate surface area is 206 Å². The van der Waals surface area contributed by atoms with E-state index in [0.29, 0.717) is 0 Å². The first-order valence-electron chi connectivity index (χ1n) is 11.7. The molecule has 0 saturated heterocycles. The van der Waals surface area contributed by atoms with E-state index in [4.69, 9.17) is 11.6 Å². The minimum absolute atomic E-state index is 0.794. The van der Waals surface area contributed by atoms with Crippen LogP contribution in [0.1, 0.15) is 60.8 Å². The van der Waals surface area contributed by atoms with Crippen molar-refractivity contribution in [2.45, 2.75) is 66.0 Å². The van der Waals surface area contributed by atoms with E-state index in [0.717, 1.165) is 62.1 Å². The highest BCUT2D eigenvalue weighted by atomic mass is 35.5. The minimum Gasteiger partial charge on any atom is -0.345 e. The maximum absolute atomic E-state index is 10.2. The first-order valence-corrected chi connectivity index (χ1v) is 12.9. The van der Waals surface area contributed by atoms with Gasteiger partial charge in [-0.05, 0) is 56.7 Å². The van der Waals surface area contributed by atoms with E-state index in [1.54, 1.807) is 15.3 Å². The van der Waals surface area contributed by atoms with Crippen molar-refractivity contribution in [2.24, 2.45) is 0 Å². The van der Waals surface area contributed by atoms with E-state index >= 15 is 0 Å². The lowest BCUT2D eigenvalue weighted by atomic mass is 10.1. The van der Waals surface area contributed by atoms with Gasteiger partial charge < -0.3 is 10.2 Å². The fourth-order valence-corrected chi connectivity index (χ4v) is 5.73. The lowest BCUT2D eigenvalue weighted by molar-refractivity contribution is -0.118. The fraction of sp³-hybridized carbons (Fsp3) is 0.480. The second-order valence-corrected chi connectivity index (χ2v) is 9.70. The Morgan fingerprint density at radius 2 is 1.82 bits per heavy atom. The van der Waals surface area contributed by atoms with Gasteiger partial charge in [-0.1, -0.05) is 43.6 Å². The molecule has 6 nitrogen and oxygen atoms in total. The monoisotopic (exact) mass is 487 g/mol. The number of nitrogens with one attached hydrogen (secondary N) is 1. The zero-order valence-electron chi connectivity index (χ0n) is 19.8. The zero-order valence-corrected chi connectivity index (χ0v) is 21.4. The number of aromatic nitrogens is 3. The Hall–Kier alpha value is -2.22. The topological polar surface area (TPSA) is 63.1 Å². The van der Waals surface area contributed by atoms with Gasteiger partial charge in [0.2, 0.25) is 6.41 Å². The standard InChI is InChI=1S/C12H14N4S.C7H15NO.C6H5Cl/c1-7-14-15-11-6-13-5-9-8-3-2-4-10(8)17-12(9)16(7)11;1-3-5-8(7-9)6-4-2;7-6-4-2-1-3-5-6/h13H,2-6H2,1H3;7H,3-6H2,1-2H3;1-5H. The SMILES string of the molecule is CCCN(C=O)CCC.Cc1nnc2n1-c1sc3c(c1CNC2)CCC3.Clc1ccccc1. The maximum Gasteiger partial charge on any atom is 0.209 e. The number of aryl methyl sites for hydroxylation is 2. The third kappa shape index (κ3) is 6.65. The van der Waals surface area contributed by atoms with Crippen molar-refractivity contribution in [2.75, 3.05) is 13.1 Å². The number of nitrogens with zero attached hydrogens (tertiary/aromatic N) is 4. The molecular formula is C25H34ClN5OS. The van der Waals surface area contributed by atoms with Crippen molar-refractivity contribution < 1.29 is 4.79 Å². The highest BCUT2D eigenvalue weighted by molar-refractivity contribution is 7.15. The number of hydrogen-bond donors (Lipinski definition) is 1. The van der Waals surface area contributed by atoms with Crippen molar-refractivity contribution in [3.8, 4) is 5.00 Å². The van der Waals surface area contributed by atoms with Gasteiger partial charge in [0.25, 0.3) is 0 Å². The van der Waals surface area contributed by atoms with Gasteiger partial charge in [-0.15, -0.1) is 21.5 Å². The van der Waals surface area contributed by atoms with E-state index in [1.165, 1.54) is 29.8 Å². The quantitative estimate of drug-likeness (QED) is 0.494. The Balaban J connectivity index is 0.000000162. The summed E-state index contributed by atoms with van der Waals surface area (Å²) in [6.45, 7) is 9.78. The second kappa shape index (κ2) is 12.9. The highest BCUT2D eigenvalue weighted by Crippen LogP contribution is 2.39. The molecular weight excluding hydrogens is 454 g/mol. The number of hydrogen-bond acceptors (Lipinski definition) is 5. The van der Waals surface area contributed by atoms with Crippen LogP contribution in [0.2, 0.25) is 5.02 Å². The Bertz CT molecular complexity index is 1010. The molecule has 3 aromatic rings. The van der Waals surface area contributed by atoms with Crippen LogP contribution >= 0.6 is 22.9 Å². The van der Waals surface area contributed by atoms with Crippen LogP contribution in [-0.2, 0) is 30.7 Å². The molecule has 2 aromatic heterocycles. The molecule has 0 saturated carbocycles. The van der Waals surface area contributed by atoms with Crippen molar-refractivity contribution in [3.05, 3.63) is 63.0 Å². The van der Waals surface area contributed by atoms with Crippen LogP contribution in [0.25, 0.3) is 5.00 Å². The fourth-order valence-electron chi connectivity index (χ4n) is 4.11. The van der Waals surface area contributed by atoms with E-state index in [1.807, 2.05) is 48.6 Å². The van der Waals surface area contributed by atoms with Gasteiger partial charge in [0, 0.05) is 35.1 Å². The third-order valence-electron chi connectivity index (χ3n) is 5.59. The number of benzene rings is 1. The summed E-state index contributed by atoms with van der Waals surface area (Å²) < 4.78 is 2.23. The first kappa shape index (κ1) is 25.4. The van der Waals surface area contributed by atoms with Gasteiger partial charge >= 0.3 is 0 Å². The number of halogens is 1. The minimum atomic E-state index is 0.794. The van der Waals surface area contributed by atoms with Gasteiger partial charge in [-0.3, -0.25) is 9.36 Å². The summed E-state index contributed by atoms with van der Waals surface area (Å²) in [5, 5.41) is 14.1. The summed E-state index contributed by atoms with van der Waals surface area (Å²) in [5.41, 5.74) is 3.09. The van der Waals surface area contributed by atoms with E-state index in [-0.39, 0.29) is 0 Å². The lowest BCUT2D eigenvalue weighted by Crippen LogP contribution is -2.23. The summed E-state index contributed by atoms with van der Waals surface area (Å²) in [4.78, 5) is 13.6. The number of thiophene rings is 1. The molecule has 0 atom stereocenters. The molecule has 1 amide bonds. The second-order valence-electron chi connectivity index (χ2n) is 8.18. The van der Waals surface area contributed by atoms with Crippen LogP contribution in [0.3, 0.4) is 0 Å². The van der Waals surface area contributed by atoms with Crippen LogP contribution in [0.15, 0.2) is 30.3 Å². The largest absolute Gasteiger partial charge is 0.345 e. The Morgan fingerprint density at radius 1 is 1.09 bits per heavy atom. The molecule has 178 valence electrons. The van der Waals surface area contributed by atoms with Crippen LogP contribution < -0.4 is 5.32 Å². The van der Waals surface area contributed by atoms with Crippen LogP contribution in [0.5, 0.6) is 0 Å².